The summed E-state index contributed by atoms with van der Waals surface area (Å²) < 4.78 is 222. The molecule has 1 unspecified atom stereocenters. The highest BCUT2D eigenvalue weighted by atomic mass is 32.2. The molecule has 194 valence electrons. The maximum Gasteiger partial charge on any atom is 0.438 e. The Morgan fingerprint density at radius 3 is 1.25 bits per heavy atom. The molecule has 0 bridgehead atoms. The largest absolute Gasteiger partial charge is 0.438 e. The third kappa shape index (κ3) is 4.62. The molecule has 0 aliphatic rings. The third-order valence-electron chi connectivity index (χ3n) is 3.35. The third-order valence-corrected chi connectivity index (χ3v) is 4.26. The van der Waals surface area contributed by atoms with Crippen molar-refractivity contribution in [1.82, 2.24) is 0 Å². The van der Waals surface area contributed by atoms with Gasteiger partial charge in [-0.3, -0.25) is 4.55 Å². The van der Waals surface area contributed by atoms with Crippen LogP contribution < -0.4 is 5.73 Å². The van der Waals surface area contributed by atoms with Crippen molar-refractivity contribution in [2.24, 2.45) is 5.73 Å². The summed E-state index contributed by atoms with van der Waals surface area (Å²) in [6.45, 7) is 3.29. The molecular weight excluding hydrogens is 523 g/mol. The molecule has 0 amide bonds. The van der Waals surface area contributed by atoms with Crippen LogP contribution in [0.5, 0.6) is 0 Å². The zero-order chi connectivity index (χ0) is 27.0. The van der Waals surface area contributed by atoms with Crippen LogP contribution in [0, 0.1) is 0 Å². The zero-order valence-electron chi connectivity index (χ0n) is 15.0. The molecule has 0 fully saturated rings. The van der Waals surface area contributed by atoms with Gasteiger partial charge in [-0.1, -0.05) is 6.08 Å². The summed E-state index contributed by atoms with van der Waals surface area (Å²) in [5, 5.41) is -7.69. The molecule has 0 aliphatic carbocycles. The van der Waals surface area contributed by atoms with E-state index in [1.807, 2.05) is 0 Å². The lowest BCUT2D eigenvalue weighted by Crippen LogP contribution is -2.74. The van der Waals surface area contributed by atoms with Crippen molar-refractivity contribution in [2.45, 2.75) is 53.9 Å². The van der Waals surface area contributed by atoms with E-state index in [1.165, 1.54) is 0 Å². The summed E-state index contributed by atoms with van der Waals surface area (Å²) >= 11 is 0. The maximum atomic E-state index is 13.2. The minimum Gasteiger partial charge on any atom is -0.327 e. The van der Waals surface area contributed by atoms with Gasteiger partial charge in [0.15, 0.2) is 6.17 Å². The van der Waals surface area contributed by atoms with Crippen LogP contribution in [0.4, 0.5) is 65.9 Å². The summed E-state index contributed by atoms with van der Waals surface area (Å²) in [7, 11) is -7.76. The Kier molecular flexibility index (Phi) is 9.28. The van der Waals surface area contributed by atoms with Gasteiger partial charge in [-0.15, -0.1) is 6.58 Å². The van der Waals surface area contributed by atoms with Gasteiger partial charge in [-0.05, 0) is 6.92 Å². The average Bonchev–Trinajstić information content (AvgIpc) is 2.59. The van der Waals surface area contributed by atoms with Crippen molar-refractivity contribution in [3.05, 3.63) is 12.7 Å². The molecule has 0 saturated heterocycles. The van der Waals surface area contributed by atoms with E-state index in [-0.39, 0.29) is 0 Å². The number of hydrogen-bond donors (Lipinski definition) is 2. The molecule has 20 heteroatoms. The van der Waals surface area contributed by atoms with Crippen molar-refractivity contribution in [1.29, 1.82) is 0 Å². The van der Waals surface area contributed by atoms with E-state index in [2.05, 4.69) is 6.58 Å². The van der Waals surface area contributed by atoms with Crippen LogP contribution in [-0.4, -0.2) is 66.5 Å². The standard InChI is InChI=1S/C9H5F15O3S.C3H7N/c1-2(10)3(11,12)4(13,14)5(15,16)6(17,18)7(19,20)8(21,22)9(23,24)28(25,26)27;1-2-3-4/h2H,1H3,(H,25,26,27);2H,1,3-4H2. The van der Waals surface area contributed by atoms with Gasteiger partial charge in [0.1, 0.15) is 0 Å². The highest BCUT2D eigenvalue weighted by molar-refractivity contribution is 7.87. The minimum atomic E-state index is -8.54. The predicted octanol–water partition coefficient (Wildman–Crippen LogP) is 4.77. The second kappa shape index (κ2) is 9.07. The Morgan fingerprint density at radius 1 is 0.781 bits per heavy atom. The average molecular weight is 535 g/mol. The Morgan fingerprint density at radius 2 is 1.03 bits per heavy atom. The Balaban J connectivity index is 0. The molecule has 0 aromatic rings. The van der Waals surface area contributed by atoms with Crippen LogP contribution in [0.1, 0.15) is 6.92 Å². The lowest BCUT2D eigenvalue weighted by Gasteiger charge is -2.42. The Bertz CT molecular complexity index is 764. The molecule has 0 aromatic heterocycles. The SMILES string of the molecule is C=CCN.CC(F)C(F)(F)C(F)(F)C(F)(F)C(F)(F)C(F)(F)C(F)(F)C(F)(F)S(=O)(=O)O. The van der Waals surface area contributed by atoms with E-state index in [9.17, 15) is 74.3 Å². The molecule has 0 saturated carbocycles. The van der Waals surface area contributed by atoms with E-state index in [0.29, 0.717) is 6.54 Å². The van der Waals surface area contributed by atoms with Crippen molar-refractivity contribution in [3.8, 4) is 0 Å². The smallest absolute Gasteiger partial charge is 0.327 e. The van der Waals surface area contributed by atoms with Crippen LogP contribution in [0.25, 0.3) is 0 Å². The van der Waals surface area contributed by atoms with Crippen LogP contribution in [0.2, 0.25) is 0 Å². The van der Waals surface area contributed by atoms with Gasteiger partial charge in [0.2, 0.25) is 0 Å². The number of rotatable bonds is 9. The molecule has 0 spiro atoms. The topological polar surface area (TPSA) is 80.4 Å². The van der Waals surface area contributed by atoms with Crippen LogP contribution in [0.15, 0.2) is 12.7 Å². The second-order valence-electron chi connectivity index (χ2n) is 5.63. The molecule has 0 heterocycles. The van der Waals surface area contributed by atoms with Crippen LogP contribution >= 0.6 is 0 Å². The monoisotopic (exact) mass is 535 g/mol. The summed E-state index contributed by atoms with van der Waals surface area (Å²) in [5.41, 5.74) is 4.91. The summed E-state index contributed by atoms with van der Waals surface area (Å²) in [5.74, 6) is -48.5. The lowest BCUT2D eigenvalue weighted by molar-refractivity contribution is -0.438. The molecule has 3 N–H and O–H groups in total. The van der Waals surface area contributed by atoms with Crippen molar-refractivity contribution < 1.29 is 78.8 Å². The van der Waals surface area contributed by atoms with Gasteiger partial charge in [-0.25, -0.2) is 4.39 Å². The van der Waals surface area contributed by atoms with Gasteiger partial charge < -0.3 is 5.73 Å². The number of halogens is 15. The number of alkyl halides is 15. The lowest BCUT2D eigenvalue weighted by atomic mass is 9.90. The molecule has 0 aromatic carbocycles. The summed E-state index contributed by atoms with van der Waals surface area (Å²) in [6.07, 6.45) is -2.82. The minimum absolute atomic E-state index is 0.583. The molecule has 0 rings (SSSR count). The fourth-order valence-electron chi connectivity index (χ4n) is 1.40. The van der Waals surface area contributed by atoms with Crippen molar-refractivity contribution in [2.75, 3.05) is 6.54 Å². The quantitative estimate of drug-likeness (QED) is 0.254. The van der Waals surface area contributed by atoms with Gasteiger partial charge in [-0.2, -0.15) is 69.9 Å². The highest BCUT2D eigenvalue weighted by Gasteiger charge is 2.94. The number of nitrogens with two attached hydrogens (primary N) is 1. The van der Waals surface area contributed by atoms with Crippen molar-refractivity contribution >= 4 is 10.1 Å². The maximum absolute atomic E-state index is 13.2. The fourth-order valence-corrected chi connectivity index (χ4v) is 1.85. The molecule has 1 atom stereocenters. The van der Waals surface area contributed by atoms with Crippen molar-refractivity contribution in [3.63, 3.8) is 0 Å². The fraction of sp³-hybridized carbons (Fsp3) is 0.833. The van der Waals surface area contributed by atoms with E-state index >= 15 is 0 Å². The van der Waals surface area contributed by atoms with Gasteiger partial charge in [0.25, 0.3) is 0 Å². The first kappa shape index (κ1) is 32.7. The van der Waals surface area contributed by atoms with Crippen LogP contribution in [-0.2, 0) is 10.1 Å². The van der Waals surface area contributed by atoms with E-state index in [0.717, 1.165) is 0 Å². The summed E-state index contributed by atoms with van der Waals surface area (Å²) in [6, 6.07) is 0. The number of hydrogen-bond acceptors (Lipinski definition) is 3. The molecule has 0 radical (unpaired) electrons. The highest BCUT2D eigenvalue weighted by Crippen LogP contribution is 2.63. The predicted molar refractivity (Wildman–Crippen MR) is 76.0 cm³/mol. The van der Waals surface area contributed by atoms with E-state index in [1.54, 1.807) is 6.08 Å². The normalized spacial score (nSPS) is 16.2. The molecule has 4 nitrogen and oxygen atoms in total. The van der Waals surface area contributed by atoms with E-state index < -0.39 is 64.0 Å². The first-order valence-corrected chi connectivity index (χ1v) is 8.61. The van der Waals surface area contributed by atoms with Gasteiger partial charge >= 0.3 is 50.9 Å². The summed E-state index contributed by atoms with van der Waals surface area (Å²) in [4.78, 5) is 0. The Labute approximate surface area is 169 Å². The van der Waals surface area contributed by atoms with Crippen LogP contribution in [0.3, 0.4) is 0 Å². The van der Waals surface area contributed by atoms with Gasteiger partial charge in [0.05, 0.1) is 0 Å². The first-order chi connectivity index (χ1) is 13.6. The Hall–Kier alpha value is -1.44. The molecule has 32 heavy (non-hydrogen) atoms. The molecular formula is C12H12F15NO3S. The second-order valence-corrected chi connectivity index (χ2v) is 7.09. The zero-order valence-corrected chi connectivity index (χ0v) is 15.8. The first-order valence-electron chi connectivity index (χ1n) is 7.17. The van der Waals surface area contributed by atoms with Gasteiger partial charge in [0, 0.05) is 6.54 Å². The van der Waals surface area contributed by atoms with E-state index in [4.69, 9.17) is 10.3 Å². The molecule has 0 aliphatic heterocycles.